The molecule has 0 spiro atoms. The number of anilines is 1. The molecule has 5 nitrogen and oxygen atoms in total. The highest BCUT2D eigenvalue weighted by atomic mass is 32.2. The normalized spacial score (nSPS) is 19.9. The van der Waals surface area contributed by atoms with Crippen molar-refractivity contribution in [2.45, 2.75) is 17.7 Å². The second kappa shape index (κ2) is 5.90. The summed E-state index contributed by atoms with van der Waals surface area (Å²) in [4.78, 5) is 2.41. The zero-order valence-electron chi connectivity index (χ0n) is 11.0. The van der Waals surface area contributed by atoms with Gasteiger partial charge in [0.25, 0.3) is 0 Å². The molecule has 2 rings (SSSR count). The molecule has 0 saturated carbocycles. The molecule has 1 fully saturated rings. The third-order valence-corrected chi connectivity index (χ3v) is 5.05. The monoisotopic (exact) mass is 284 g/mol. The molecule has 0 radical (unpaired) electrons. The van der Waals surface area contributed by atoms with Gasteiger partial charge in [0.05, 0.1) is 5.69 Å². The lowest BCUT2D eigenvalue weighted by molar-refractivity contribution is 0.263. The topological polar surface area (TPSA) is 69.6 Å². The molecule has 106 valence electrons. The summed E-state index contributed by atoms with van der Waals surface area (Å²) in [6.45, 7) is 1.83. The van der Waals surface area contributed by atoms with Gasteiger partial charge in [0.2, 0.25) is 10.0 Å². The van der Waals surface area contributed by atoms with Crippen molar-refractivity contribution in [1.29, 1.82) is 0 Å². The molecule has 1 atom stereocenters. The van der Waals surface area contributed by atoms with Gasteiger partial charge in [-0.1, -0.05) is 12.1 Å². The van der Waals surface area contributed by atoms with E-state index in [9.17, 15) is 8.42 Å². The van der Waals surface area contributed by atoms with Gasteiger partial charge in [0, 0.05) is 19.7 Å². The molecule has 1 saturated heterocycles. The Labute approximate surface area is 114 Å². The minimum Gasteiger partial charge on any atom is -0.396 e. The van der Waals surface area contributed by atoms with E-state index in [1.807, 2.05) is 12.1 Å². The molecular weight excluding hydrogens is 264 g/mol. The van der Waals surface area contributed by atoms with Crippen molar-refractivity contribution in [3.63, 3.8) is 0 Å². The molecule has 1 unspecified atom stereocenters. The van der Waals surface area contributed by atoms with E-state index in [1.165, 1.54) is 7.05 Å². The average Bonchev–Trinajstić information content (AvgIpc) is 2.88. The Hall–Kier alpha value is -1.11. The van der Waals surface area contributed by atoms with Crippen LogP contribution in [0.15, 0.2) is 29.2 Å². The third kappa shape index (κ3) is 3.08. The Morgan fingerprint density at radius 3 is 2.84 bits per heavy atom. The highest BCUT2D eigenvalue weighted by Crippen LogP contribution is 2.30. The fourth-order valence-electron chi connectivity index (χ4n) is 2.53. The zero-order chi connectivity index (χ0) is 13.9. The molecule has 1 aromatic rings. The van der Waals surface area contributed by atoms with Gasteiger partial charge < -0.3 is 10.0 Å². The molecule has 1 aromatic carbocycles. The van der Waals surface area contributed by atoms with Gasteiger partial charge in [-0.15, -0.1) is 0 Å². The summed E-state index contributed by atoms with van der Waals surface area (Å²) >= 11 is 0. The first-order chi connectivity index (χ1) is 9.08. The van der Waals surface area contributed by atoms with Crippen molar-refractivity contribution in [1.82, 2.24) is 4.72 Å². The Balaban J connectivity index is 2.27. The molecule has 0 bridgehead atoms. The average molecular weight is 284 g/mol. The first-order valence-corrected chi connectivity index (χ1v) is 7.95. The van der Waals surface area contributed by atoms with E-state index in [0.29, 0.717) is 10.8 Å². The van der Waals surface area contributed by atoms with E-state index in [2.05, 4.69) is 9.62 Å². The van der Waals surface area contributed by atoms with Crippen LogP contribution in [0.2, 0.25) is 0 Å². The highest BCUT2D eigenvalue weighted by molar-refractivity contribution is 7.89. The van der Waals surface area contributed by atoms with E-state index in [-0.39, 0.29) is 6.61 Å². The number of aliphatic hydroxyl groups is 1. The van der Waals surface area contributed by atoms with Gasteiger partial charge in [0.1, 0.15) is 4.90 Å². The second-order valence-electron chi connectivity index (χ2n) is 4.79. The minimum absolute atomic E-state index is 0.189. The van der Waals surface area contributed by atoms with Crippen molar-refractivity contribution in [2.24, 2.45) is 5.92 Å². The Morgan fingerprint density at radius 2 is 2.16 bits per heavy atom. The molecule has 2 N–H and O–H groups in total. The van der Waals surface area contributed by atoms with Crippen LogP contribution < -0.4 is 9.62 Å². The Morgan fingerprint density at radius 1 is 1.42 bits per heavy atom. The number of aliphatic hydroxyl groups excluding tert-OH is 1. The summed E-state index contributed by atoms with van der Waals surface area (Å²) in [6, 6.07) is 7.05. The first-order valence-electron chi connectivity index (χ1n) is 6.47. The summed E-state index contributed by atoms with van der Waals surface area (Å²) < 4.78 is 26.4. The number of nitrogens with zero attached hydrogens (tertiary/aromatic N) is 1. The summed E-state index contributed by atoms with van der Waals surface area (Å²) in [6.07, 6.45) is 1.77. The van der Waals surface area contributed by atoms with Crippen LogP contribution in [0.5, 0.6) is 0 Å². The number of sulfonamides is 1. The van der Waals surface area contributed by atoms with Crippen LogP contribution >= 0.6 is 0 Å². The first kappa shape index (κ1) is 14.3. The largest absolute Gasteiger partial charge is 0.396 e. The van der Waals surface area contributed by atoms with Crippen molar-refractivity contribution in [3.05, 3.63) is 24.3 Å². The molecule has 6 heteroatoms. The van der Waals surface area contributed by atoms with Crippen molar-refractivity contribution in [3.8, 4) is 0 Å². The fourth-order valence-corrected chi connectivity index (χ4v) is 3.48. The van der Waals surface area contributed by atoms with Crippen LogP contribution in [0, 0.1) is 5.92 Å². The van der Waals surface area contributed by atoms with E-state index < -0.39 is 10.0 Å². The van der Waals surface area contributed by atoms with E-state index in [4.69, 9.17) is 5.11 Å². The number of hydrogen-bond donors (Lipinski definition) is 2. The van der Waals surface area contributed by atoms with Crippen molar-refractivity contribution in [2.75, 3.05) is 31.6 Å². The number of hydrogen-bond acceptors (Lipinski definition) is 4. The maximum absolute atomic E-state index is 12.0. The van der Waals surface area contributed by atoms with E-state index in [1.54, 1.807) is 12.1 Å². The highest BCUT2D eigenvalue weighted by Gasteiger charge is 2.26. The van der Waals surface area contributed by atoms with Gasteiger partial charge in [-0.2, -0.15) is 0 Å². The van der Waals surface area contributed by atoms with Gasteiger partial charge in [-0.3, -0.25) is 0 Å². The van der Waals surface area contributed by atoms with Crippen LogP contribution in [-0.2, 0) is 10.0 Å². The SMILES string of the molecule is CNS(=O)(=O)c1ccccc1N1CCC(CCO)C1. The van der Waals surface area contributed by atoms with E-state index >= 15 is 0 Å². The van der Waals surface area contributed by atoms with Crippen molar-refractivity contribution < 1.29 is 13.5 Å². The number of benzene rings is 1. The van der Waals surface area contributed by atoms with Gasteiger partial charge >= 0.3 is 0 Å². The number of nitrogens with one attached hydrogen (secondary N) is 1. The van der Waals surface area contributed by atoms with Crippen molar-refractivity contribution >= 4 is 15.7 Å². The lowest BCUT2D eigenvalue weighted by atomic mass is 10.1. The molecule has 0 amide bonds. The van der Waals surface area contributed by atoms with Gasteiger partial charge in [-0.05, 0) is 37.9 Å². The van der Waals surface area contributed by atoms with Crippen LogP contribution in [0.3, 0.4) is 0 Å². The number of rotatable bonds is 5. The lowest BCUT2D eigenvalue weighted by Crippen LogP contribution is -2.25. The van der Waals surface area contributed by atoms with Gasteiger partial charge in [-0.25, -0.2) is 13.1 Å². The van der Waals surface area contributed by atoms with Crippen LogP contribution in [-0.4, -0.2) is 40.3 Å². The van der Waals surface area contributed by atoms with E-state index in [0.717, 1.165) is 31.6 Å². The molecular formula is C13H20N2O3S. The predicted octanol–water partition coefficient (Wildman–Crippen LogP) is 0.803. The Bertz CT molecular complexity index is 530. The smallest absolute Gasteiger partial charge is 0.242 e. The summed E-state index contributed by atoms with van der Waals surface area (Å²) in [7, 11) is -2.02. The lowest BCUT2D eigenvalue weighted by Gasteiger charge is -2.21. The summed E-state index contributed by atoms with van der Waals surface area (Å²) in [5, 5.41) is 8.98. The fraction of sp³-hybridized carbons (Fsp3) is 0.538. The van der Waals surface area contributed by atoms with Crippen LogP contribution in [0.25, 0.3) is 0 Å². The third-order valence-electron chi connectivity index (χ3n) is 3.59. The predicted molar refractivity (Wildman–Crippen MR) is 74.7 cm³/mol. The molecule has 1 aliphatic rings. The second-order valence-corrected chi connectivity index (χ2v) is 6.64. The maximum Gasteiger partial charge on any atom is 0.242 e. The molecule has 1 aliphatic heterocycles. The molecule has 1 heterocycles. The van der Waals surface area contributed by atoms with Gasteiger partial charge in [0.15, 0.2) is 0 Å². The van der Waals surface area contributed by atoms with Crippen LogP contribution in [0.1, 0.15) is 12.8 Å². The number of para-hydroxylation sites is 1. The standard InChI is InChI=1S/C13H20N2O3S/c1-14-19(17,18)13-5-3-2-4-12(13)15-8-6-11(10-15)7-9-16/h2-5,11,14,16H,6-10H2,1H3. The maximum atomic E-state index is 12.0. The molecule has 0 aromatic heterocycles. The van der Waals surface area contributed by atoms with Crippen LogP contribution in [0.4, 0.5) is 5.69 Å². The summed E-state index contributed by atoms with van der Waals surface area (Å²) in [5.74, 6) is 0.440. The molecule has 0 aliphatic carbocycles. The zero-order valence-corrected chi connectivity index (χ0v) is 11.9. The quantitative estimate of drug-likeness (QED) is 0.839. The molecule has 19 heavy (non-hydrogen) atoms. The summed E-state index contributed by atoms with van der Waals surface area (Å²) in [5.41, 5.74) is 0.747. The minimum atomic E-state index is -3.44. The Kier molecular flexibility index (Phi) is 4.44.